The van der Waals surface area contributed by atoms with Crippen molar-refractivity contribution in [3.8, 4) is 11.4 Å². The molecule has 0 bridgehead atoms. The first kappa shape index (κ1) is 7.98. The summed E-state index contributed by atoms with van der Waals surface area (Å²) < 4.78 is 1.78. The minimum absolute atomic E-state index is 0.922. The van der Waals surface area contributed by atoms with Crippen LogP contribution >= 0.6 is 0 Å². The van der Waals surface area contributed by atoms with Crippen molar-refractivity contribution in [3.05, 3.63) is 36.2 Å². The highest BCUT2D eigenvalue weighted by Gasteiger charge is 2.01. The molecular weight excluding hydrogens is 162 g/mol. The van der Waals surface area contributed by atoms with E-state index in [2.05, 4.69) is 10.1 Å². The first-order chi connectivity index (χ1) is 6.25. The molecule has 2 rings (SSSR count). The van der Waals surface area contributed by atoms with Crippen LogP contribution in [0.5, 0.6) is 0 Å². The van der Waals surface area contributed by atoms with Gasteiger partial charge in [0, 0.05) is 18.9 Å². The largest absolute Gasteiger partial charge is 0.275 e. The summed E-state index contributed by atoms with van der Waals surface area (Å²) in [7, 11) is 1.90. The highest BCUT2D eigenvalue weighted by molar-refractivity contribution is 5.53. The fourth-order valence-electron chi connectivity index (χ4n) is 1.24. The van der Waals surface area contributed by atoms with Crippen molar-refractivity contribution >= 4 is 0 Å². The number of pyridine rings is 1. The zero-order valence-corrected chi connectivity index (χ0v) is 7.73. The van der Waals surface area contributed by atoms with Crippen LogP contribution < -0.4 is 0 Å². The molecule has 3 heteroatoms. The maximum atomic E-state index is 4.38. The van der Waals surface area contributed by atoms with Crippen LogP contribution in [0.1, 0.15) is 5.69 Å². The van der Waals surface area contributed by atoms with Crippen molar-refractivity contribution in [1.29, 1.82) is 0 Å². The fourth-order valence-corrected chi connectivity index (χ4v) is 1.24. The summed E-state index contributed by atoms with van der Waals surface area (Å²) >= 11 is 0. The Hall–Kier alpha value is -1.64. The maximum absolute atomic E-state index is 4.38. The molecule has 0 atom stereocenters. The predicted molar refractivity (Wildman–Crippen MR) is 51.2 cm³/mol. The lowest BCUT2D eigenvalue weighted by molar-refractivity contribution is 0.770. The molecule has 0 aliphatic rings. The highest BCUT2D eigenvalue weighted by Crippen LogP contribution is 2.13. The van der Waals surface area contributed by atoms with Crippen molar-refractivity contribution in [2.24, 2.45) is 7.05 Å². The van der Waals surface area contributed by atoms with E-state index in [0.717, 1.165) is 17.1 Å². The standard InChI is InChI=1S/C10H11N3/c1-8-4-3-5-9(11-8)10-6-7-13(2)12-10/h3-7H,1-2H3. The van der Waals surface area contributed by atoms with Crippen molar-refractivity contribution in [3.63, 3.8) is 0 Å². The van der Waals surface area contributed by atoms with Gasteiger partial charge in [0.25, 0.3) is 0 Å². The van der Waals surface area contributed by atoms with Crippen molar-refractivity contribution in [2.75, 3.05) is 0 Å². The summed E-state index contributed by atoms with van der Waals surface area (Å²) in [5, 5.41) is 4.28. The van der Waals surface area contributed by atoms with Gasteiger partial charge in [0.2, 0.25) is 0 Å². The SMILES string of the molecule is Cc1cccc(-c2ccn(C)n2)n1. The molecule has 0 saturated heterocycles. The topological polar surface area (TPSA) is 30.7 Å². The maximum Gasteiger partial charge on any atom is 0.111 e. The Balaban J connectivity index is 2.46. The van der Waals surface area contributed by atoms with Gasteiger partial charge in [-0.25, -0.2) is 0 Å². The molecule has 0 saturated carbocycles. The van der Waals surface area contributed by atoms with Crippen LogP contribution in [-0.4, -0.2) is 14.8 Å². The molecule has 2 aromatic heterocycles. The van der Waals surface area contributed by atoms with E-state index < -0.39 is 0 Å². The van der Waals surface area contributed by atoms with Gasteiger partial charge in [-0.15, -0.1) is 0 Å². The average Bonchev–Trinajstić information content (AvgIpc) is 2.52. The molecule has 0 aliphatic heterocycles. The highest BCUT2D eigenvalue weighted by atomic mass is 15.2. The first-order valence-electron chi connectivity index (χ1n) is 4.19. The predicted octanol–water partition coefficient (Wildman–Crippen LogP) is 1.79. The minimum Gasteiger partial charge on any atom is -0.275 e. The van der Waals surface area contributed by atoms with Crippen LogP contribution in [-0.2, 0) is 7.05 Å². The second kappa shape index (κ2) is 3.01. The molecule has 0 radical (unpaired) electrons. The van der Waals surface area contributed by atoms with Gasteiger partial charge in [0.15, 0.2) is 0 Å². The van der Waals surface area contributed by atoms with Gasteiger partial charge in [0.1, 0.15) is 5.69 Å². The molecule has 0 spiro atoms. The molecule has 0 unspecified atom stereocenters. The van der Waals surface area contributed by atoms with Gasteiger partial charge < -0.3 is 0 Å². The second-order valence-corrected chi connectivity index (χ2v) is 3.04. The van der Waals surface area contributed by atoms with Crippen molar-refractivity contribution in [2.45, 2.75) is 6.92 Å². The van der Waals surface area contributed by atoms with Crippen LogP contribution in [0, 0.1) is 6.92 Å². The Labute approximate surface area is 77.0 Å². The average molecular weight is 173 g/mol. The Morgan fingerprint density at radius 1 is 1.15 bits per heavy atom. The van der Waals surface area contributed by atoms with E-state index in [1.807, 2.05) is 44.4 Å². The molecule has 0 aromatic carbocycles. The smallest absolute Gasteiger partial charge is 0.111 e. The van der Waals surface area contributed by atoms with Gasteiger partial charge in [-0.05, 0) is 25.1 Å². The molecule has 2 heterocycles. The first-order valence-corrected chi connectivity index (χ1v) is 4.19. The van der Waals surface area contributed by atoms with Gasteiger partial charge >= 0.3 is 0 Å². The van der Waals surface area contributed by atoms with E-state index in [-0.39, 0.29) is 0 Å². The van der Waals surface area contributed by atoms with Crippen LogP contribution in [0.25, 0.3) is 11.4 Å². The Kier molecular flexibility index (Phi) is 1.85. The number of rotatable bonds is 1. The molecule has 3 nitrogen and oxygen atoms in total. The lowest BCUT2D eigenvalue weighted by Gasteiger charge is -1.96. The molecule has 2 aromatic rings. The number of hydrogen-bond donors (Lipinski definition) is 0. The monoisotopic (exact) mass is 173 g/mol. The van der Waals surface area contributed by atoms with E-state index in [1.54, 1.807) is 4.68 Å². The summed E-state index contributed by atoms with van der Waals surface area (Å²) in [6.07, 6.45) is 1.92. The van der Waals surface area contributed by atoms with E-state index in [1.165, 1.54) is 0 Å². The van der Waals surface area contributed by atoms with Crippen molar-refractivity contribution in [1.82, 2.24) is 14.8 Å². The van der Waals surface area contributed by atoms with Crippen LogP contribution in [0.4, 0.5) is 0 Å². The zero-order valence-electron chi connectivity index (χ0n) is 7.73. The number of hydrogen-bond acceptors (Lipinski definition) is 2. The number of aryl methyl sites for hydroxylation is 2. The lowest BCUT2D eigenvalue weighted by Crippen LogP contribution is -1.90. The molecule has 0 aliphatic carbocycles. The molecule has 0 N–H and O–H groups in total. The summed E-state index contributed by atoms with van der Waals surface area (Å²) in [5.41, 5.74) is 2.87. The summed E-state index contributed by atoms with van der Waals surface area (Å²) in [6, 6.07) is 7.90. The summed E-state index contributed by atoms with van der Waals surface area (Å²) in [6.45, 7) is 1.98. The van der Waals surface area contributed by atoms with Crippen molar-refractivity contribution < 1.29 is 0 Å². The fraction of sp³-hybridized carbons (Fsp3) is 0.200. The van der Waals surface area contributed by atoms with E-state index in [9.17, 15) is 0 Å². The molecular formula is C10H11N3. The number of nitrogens with zero attached hydrogens (tertiary/aromatic N) is 3. The molecule has 0 amide bonds. The van der Waals surface area contributed by atoms with E-state index >= 15 is 0 Å². The molecule has 66 valence electrons. The van der Waals surface area contributed by atoms with Crippen LogP contribution in [0.15, 0.2) is 30.5 Å². The third-order valence-electron chi connectivity index (χ3n) is 1.86. The second-order valence-electron chi connectivity index (χ2n) is 3.04. The molecule has 13 heavy (non-hydrogen) atoms. The van der Waals surface area contributed by atoms with Crippen LogP contribution in [0.3, 0.4) is 0 Å². The van der Waals surface area contributed by atoms with Gasteiger partial charge in [-0.1, -0.05) is 6.07 Å². The third kappa shape index (κ3) is 1.59. The zero-order chi connectivity index (χ0) is 9.26. The van der Waals surface area contributed by atoms with Gasteiger partial charge in [0.05, 0.1) is 5.69 Å². The Bertz CT molecular complexity index is 418. The summed E-state index contributed by atoms with van der Waals surface area (Å²) in [5.74, 6) is 0. The molecule has 0 fully saturated rings. The Morgan fingerprint density at radius 2 is 2.00 bits per heavy atom. The van der Waals surface area contributed by atoms with Gasteiger partial charge in [-0.2, -0.15) is 5.10 Å². The third-order valence-corrected chi connectivity index (χ3v) is 1.86. The Morgan fingerprint density at radius 3 is 2.62 bits per heavy atom. The minimum atomic E-state index is 0.922. The van der Waals surface area contributed by atoms with Gasteiger partial charge in [-0.3, -0.25) is 9.67 Å². The van der Waals surface area contributed by atoms with E-state index in [0.29, 0.717) is 0 Å². The lowest BCUT2D eigenvalue weighted by atomic mass is 10.2. The van der Waals surface area contributed by atoms with Crippen LogP contribution in [0.2, 0.25) is 0 Å². The normalized spacial score (nSPS) is 10.3. The number of aromatic nitrogens is 3. The summed E-state index contributed by atoms with van der Waals surface area (Å²) in [4.78, 5) is 4.38. The van der Waals surface area contributed by atoms with E-state index in [4.69, 9.17) is 0 Å². The quantitative estimate of drug-likeness (QED) is 0.658.